The van der Waals surface area contributed by atoms with Crippen molar-refractivity contribution in [3.8, 4) is 22.3 Å². The van der Waals surface area contributed by atoms with E-state index in [4.69, 9.17) is 4.42 Å². The van der Waals surface area contributed by atoms with Gasteiger partial charge in [-0.05, 0) is 89.0 Å². The molecule has 2 nitrogen and oxygen atoms in total. The third-order valence-electron chi connectivity index (χ3n) is 10.3. The number of anilines is 3. The van der Waals surface area contributed by atoms with Crippen LogP contribution < -0.4 is 4.90 Å². The fourth-order valence-electron chi connectivity index (χ4n) is 7.91. The van der Waals surface area contributed by atoms with Gasteiger partial charge in [0.1, 0.15) is 11.2 Å². The second kappa shape index (κ2) is 11.7. The molecule has 11 aromatic rings. The third-order valence-corrected chi connectivity index (χ3v) is 12.6. The normalized spacial score (nSPS) is 11.8. The number of para-hydroxylation sites is 1. The van der Waals surface area contributed by atoms with E-state index in [1.165, 1.54) is 57.0 Å². The first-order chi connectivity index (χ1) is 25.8. The van der Waals surface area contributed by atoms with E-state index >= 15 is 0 Å². The molecule has 0 aliphatic heterocycles. The van der Waals surface area contributed by atoms with Crippen molar-refractivity contribution < 1.29 is 4.42 Å². The second-order valence-corrected chi connectivity index (χ2v) is 15.4. The van der Waals surface area contributed by atoms with E-state index in [1.54, 1.807) is 0 Å². The molecule has 0 aliphatic carbocycles. The van der Waals surface area contributed by atoms with Crippen molar-refractivity contribution in [2.75, 3.05) is 4.90 Å². The molecule has 0 bridgehead atoms. The van der Waals surface area contributed by atoms with Crippen LogP contribution in [0.2, 0.25) is 0 Å². The summed E-state index contributed by atoms with van der Waals surface area (Å²) in [5, 5.41) is 7.55. The van der Waals surface area contributed by atoms with Crippen LogP contribution in [0.5, 0.6) is 0 Å². The summed E-state index contributed by atoms with van der Waals surface area (Å²) in [7, 11) is 0. The van der Waals surface area contributed by atoms with Gasteiger partial charge in [-0.1, -0.05) is 109 Å². The Hall–Kier alpha value is -6.20. The summed E-state index contributed by atoms with van der Waals surface area (Å²) in [5.74, 6) is 0. The Morgan fingerprint density at radius 3 is 1.62 bits per heavy atom. The molecule has 52 heavy (non-hydrogen) atoms. The van der Waals surface area contributed by atoms with Crippen molar-refractivity contribution in [1.82, 2.24) is 0 Å². The fourth-order valence-corrected chi connectivity index (χ4v) is 10.2. The molecule has 0 saturated heterocycles. The van der Waals surface area contributed by atoms with Crippen molar-refractivity contribution in [2.45, 2.75) is 0 Å². The molecule has 0 radical (unpaired) electrons. The predicted octanol–water partition coefficient (Wildman–Crippen LogP) is 15.1. The molecule has 0 fully saturated rings. The average Bonchev–Trinajstić information content (AvgIpc) is 3.89. The fraction of sp³-hybridized carbons (Fsp3) is 0. The van der Waals surface area contributed by atoms with E-state index in [0.29, 0.717) is 0 Å². The minimum Gasteiger partial charge on any atom is -0.456 e. The number of fused-ring (bicyclic) bond motifs is 9. The summed E-state index contributed by atoms with van der Waals surface area (Å²) < 4.78 is 11.5. The average molecular weight is 700 g/mol. The highest BCUT2D eigenvalue weighted by molar-refractivity contribution is 7.26. The maximum Gasteiger partial charge on any atom is 0.136 e. The molecule has 0 saturated carbocycles. The minimum atomic E-state index is 0.910. The zero-order chi connectivity index (χ0) is 34.2. The van der Waals surface area contributed by atoms with Crippen molar-refractivity contribution in [3.63, 3.8) is 0 Å². The summed E-state index contributed by atoms with van der Waals surface area (Å²) in [6, 6.07) is 63.7. The molecular formula is C48H29NOS2. The lowest BCUT2D eigenvalue weighted by atomic mass is 9.98. The Balaban J connectivity index is 1.05. The summed E-state index contributed by atoms with van der Waals surface area (Å²) in [4.78, 5) is 2.38. The lowest BCUT2D eigenvalue weighted by molar-refractivity contribution is 0.669. The van der Waals surface area contributed by atoms with Crippen molar-refractivity contribution in [3.05, 3.63) is 176 Å². The largest absolute Gasteiger partial charge is 0.456 e. The van der Waals surface area contributed by atoms with Crippen LogP contribution in [-0.4, -0.2) is 0 Å². The predicted molar refractivity (Wildman–Crippen MR) is 225 cm³/mol. The summed E-state index contributed by atoms with van der Waals surface area (Å²) in [5.41, 5.74) is 9.99. The Kier molecular flexibility index (Phi) is 6.63. The Morgan fingerprint density at radius 1 is 0.346 bits per heavy atom. The highest BCUT2D eigenvalue weighted by atomic mass is 32.1. The van der Waals surface area contributed by atoms with Gasteiger partial charge in [0.25, 0.3) is 0 Å². The Morgan fingerprint density at radius 2 is 0.865 bits per heavy atom. The first kappa shape index (κ1) is 29.5. The van der Waals surface area contributed by atoms with Gasteiger partial charge in [0, 0.05) is 68.2 Å². The maximum atomic E-state index is 6.22. The monoisotopic (exact) mass is 699 g/mol. The van der Waals surface area contributed by atoms with E-state index in [9.17, 15) is 0 Å². The molecule has 0 N–H and O–H groups in total. The highest BCUT2D eigenvalue weighted by Gasteiger charge is 2.18. The topological polar surface area (TPSA) is 16.4 Å². The lowest BCUT2D eigenvalue weighted by Gasteiger charge is -2.26. The van der Waals surface area contributed by atoms with E-state index in [1.807, 2.05) is 34.8 Å². The first-order valence-corrected chi connectivity index (χ1v) is 19.1. The third kappa shape index (κ3) is 4.62. The minimum absolute atomic E-state index is 0.910. The number of rotatable bonds is 5. The molecule has 244 valence electrons. The summed E-state index contributed by atoms with van der Waals surface area (Å²) >= 11 is 3.72. The molecule has 3 heterocycles. The van der Waals surface area contributed by atoms with Crippen LogP contribution in [0, 0.1) is 0 Å². The van der Waals surface area contributed by atoms with Gasteiger partial charge in [-0.2, -0.15) is 0 Å². The van der Waals surface area contributed by atoms with Crippen LogP contribution in [0.1, 0.15) is 0 Å². The van der Waals surface area contributed by atoms with Crippen LogP contribution in [-0.2, 0) is 0 Å². The Bertz CT molecular complexity index is 2970. The molecule has 0 amide bonds. The standard InChI is InChI=1S/C48H29NOS2/c1-4-14-41-39(10-1)47-35(12-7-15-42(47)50-41)30-19-23-32(24-20-30)49(34-27-28-38-37-9-2-5-16-43(37)52-46(38)29-34)33-25-21-31(22-26-33)36-13-8-18-45-48(36)40-11-3-6-17-44(40)51-45/h1-29H. The quantitative estimate of drug-likeness (QED) is 0.178. The molecule has 3 aromatic heterocycles. The van der Waals surface area contributed by atoms with Crippen molar-refractivity contribution in [1.29, 1.82) is 0 Å². The molecule has 4 heteroatoms. The first-order valence-electron chi connectivity index (χ1n) is 17.5. The van der Waals surface area contributed by atoms with Gasteiger partial charge < -0.3 is 9.32 Å². The van der Waals surface area contributed by atoms with Gasteiger partial charge >= 0.3 is 0 Å². The molecular weight excluding hydrogens is 671 g/mol. The van der Waals surface area contributed by atoms with Gasteiger partial charge in [0.05, 0.1) is 0 Å². The molecule has 0 aliphatic rings. The van der Waals surface area contributed by atoms with Gasteiger partial charge in [0.2, 0.25) is 0 Å². The van der Waals surface area contributed by atoms with Crippen molar-refractivity contribution >= 4 is 102 Å². The zero-order valence-electron chi connectivity index (χ0n) is 27.9. The number of hydrogen-bond donors (Lipinski definition) is 0. The Labute approximate surface area is 308 Å². The number of thiophene rings is 2. The second-order valence-electron chi connectivity index (χ2n) is 13.3. The highest BCUT2D eigenvalue weighted by Crippen LogP contribution is 2.44. The van der Waals surface area contributed by atoms with E-state index < -0.39 is 0 Å². The van der Waals surface area contributed by atoms with Crippen LogP contribution in [0.15, 0.2) is 180 Å². The summed E-state index contributed by atoms with van der Waals surface area (Å²) in [6.45, 7) is 0. The number of nitrogens with zero attached hydrogens (tertiary/aromatic N) is 1. The maximum absolute atomic E-state index is 6.22. The van der Waals surface area contributed by atoms with Gasteiger partial charge in [-0.15, -0.1) is 22.7 Å². The van der Waals surface area contributed by atoms with Crippen LogP contribution in [0.25, 0.3) is 84.5 Å². The number of hydrogen-bond acceptors (Lipinski definition) is 4. The lowest BCUT2D eigenvalue weighted by Crippen LogP contribution is -2.09. The van der Waals surface area contributed by atoms with E-state index in [-0.39, 0.29) is 0 Å². The number of furan rings is 1. The van der Waals surface area contributed by atoms with Crippen LogP contribution >= 0.6 is 22.7 Å². The SMILES string of the molecule is c1ccc2c(c1)oc1cccc(-c3ccc(N(c4ccc(-c5cccc6sc7ccccc7c56)cc4)c4ccc5c(c4)sc4ccccc45)cc3)c12. The van der Waals surface area contributed by atoms with Gasteiger partial charge in [-0.3, -0.25) is 0 Å². The van der Waals surface area contributed by atoms with Crippen molar-refractivity contribution in [2.24, 2.45) is 0 Å². The summed E-state index contributed by atoms with van der Waals surface area (Å²) in [6.07, 6.45) is 0. The number of benzene rings is 8. The van der Waals surface area contributed by atoms with Crippen LogP contribution in [0.4, 0.5) is 17.1 Å². The molecule has 0 atom stereocenters. The van der Waals surface area contributed by atoms with Crippen LogP contribution in [0.3, 0.4) is 0 Å². The van der Waals surface area contributed by atoms with Gasteiger partial charge in [-0.25, -0.2) is 0 Å². The molecule has 0 spiro atoms. The van der Waals surface area contributed by atoms with Gasteiger partial charge in [0.15, 0.2) is 0 Å². The van der Waals surface area contributed by atoms with E-state index in [2.05, 4.69) is 169 Å². The van der Waals surface area contributed by atoms with E-state index in [0.717, 1.165) is 44.6 Å². The molecule has 8 aromatic carbocycles. The zero-order valence-corrected chi connectivity index (χ0v) is 29.5. The smallest absolute Gasteiger partial charge is 0.136 e. The molecule has 11 rings (SSSR count). The molecule has 0 unspecified atom stereocenters.